The number of benzene rings is 1. The minimum Gasteiger partial charge on any atom is -0.549 e. The maximum Gasteiger partial charge on any atom is 0.257 e. The molecule has 4 N–H and O–H groups in total. The zero-order valence-corrected chi connectivity index (χ0v) is 10.1. The van der Waals surface area contributed by atoms with Gasteiger partial charge < -0.3 is 20.5 Å². The van der Waals surface area contributed by atoms with Gasteiger partial charge in [0.2, 0.25) is 0 Å². The minimum atomic E-state index is -3.55. The average molecular weight is 255 g/mol. The molecule has 0 spiro atoms. The first-order chi connectivity index (χ1) is 7.97. The van der Waals surface area contributed by atoms with Gasteiger partial charge >= 0.3 is 0 Å². The van der Waals surface area contributed by atoms with Gasteiger partial charge in [-0.15, -0.1) is 0 Å². The summed E-state index contributed by atoms with van der Waals surface area (Å²) < 4.78 is 12.0. The van der Waals surface area contributed by atoms with Crippen LogP contribution in [0.5, 0.6) is 0 Å². The molecule has 0 amide bonds. The number of carbonyl (C=O) groups is 1. The second-order valence-corrected chi connectivity index (χ2v) is 6.87. The van der Waals surface area contributed by atoms with Crippen LogP contribution in [0.25, 0.3) is 0 Å². The van der Waals surface area contributed by atoms with Gasteiger partial charge in [0, 0.05) is 11.9 Å². The van der Waals surface area contributed by atoms with Crippen molar-refractivity contribution in [2.24, 2.45) is 0 Å². The topological polar surface area (TPSA) is 105 Å². The number of carboxylic acid groups (broad SMARTS) is 1. The number of fused-ring (bicyclic) bond motifs is 1. The van der Waals surface area contributed by atoms with Crippen LogP contribution in [-0.2, 0) is 15.8 Å². The van der Waals surface area contributed by atoms with E-state index in [1.165, 1.54) is 0 Å². The van der Waals surface area contributed by atoms with Gasteiger partial charge in [0.15, 0.2) is 6.29 Å². The van der Waals surface area contributed by atoms with Gasteiger partial charge in [-0.2, -0.15) is 0 Å². The van der Waals surface area contributed by atoms with Crippen molar-refractivity contribution in [1.82, 2.24) is 0 Å². The molecular weight excluding hydrogens is 241 g/mol. The third-order valence-electron chi connectivity index (χ3n) is 3.30. The van der Waals surface area contributed by atoms with Crippen molar-refractivity contribution in [2.45, 2.75) is 18.0 Å². The Morgan fingerprint density at radius 3 is 2.76 bits per heavy atom. The lowest BCUT2D eigenvalue weighted by Gasteiger charge is -2.23. The lowest BCUT2D eigenvalue weighted by Crippen LogP contribution is -2.51. The van der Waals surface area contributed by atoms with Gasteiger partial charge in [0.05, 0.1) is 5.66 Å². The summed E-state index contributed by atoms with van der Waals surface area (Å²) in [6, 6.07) is 6.98. The molecular formula is C11H14NO4P. The van der Waals surface area contributed by atoms with E-state index in [2.05, 4.69) is 5.73 Å². The fourth-order valence-corrected chi connectivity index (χ4v) is 3.96. The first-order valence-corrected chi connectivity index (χ1v) is 7.28. The third-order valence-corrected chi connectivity index (χ3v) is 5.45. The normalized spacial score (nSPS) is 26.2. The van der Waals surface area contributed by atoms with Crippen molar-refractivity contribution >= 4 is 13.3 Å². The van der Waals surface area contributed by atoms with Crippen molar-refractivity contribution < 1.29 is 25.1 Å². The molecule has 0 saturated carbocycles. The van der Waals surface area contributed by atoms with E-state index in [9.17, 15) is 19.4 Å². The number of hydrogen-bond acceptors (Lipinski definition) is 3. The second-order valence-electron chi connectivity index (χ2n) is 4.25. The Morgan fingerprint density at radius 1 is 1.53 bits per heavy atom. The fraction of sp³-hybridized carbons (Fsp3) is 0.364. The Labute approximate surface area is 98.7 Å². The summed E-state index contributed by atoms with van der Waals surface area (Å²) in [7, 11) is -3.55. The van der Waals surface area contributed by atoms with Crippen LogP contribution in [0.3, 0.4) is 0 Å². The Kier molecular flexibility index (Phi) is 3.08. The second kappa shape index (κ2) is 4.26. The highest BCUT2D eigenvalue weighted by Crippen LogP contribution is 2.54. The molecule has 1 aliphatic rings. The summed E-state index contributed by atoms with van der Waals surface area (Å²) in [6.07, 6.45) is 0.146. The summed E-state index contributed by atoms with van der Waals surface area (Å²) in [5, 5.41) is 11.2. The molecule has 0 saturated heterocycles. The quantitative estimate of drug-likeness (QED) is 0.670. The summed E-state index contributed by atoms with van der Waals surface area (Å²) in [5.41, 5.74) is 4.04. The van der Waals surface area contributed by atoms with Crippen molar-refractivity contribution in [3.63, 3.8) is 0 Å². The molecule has 0 radical (unpaired) electrons. The first-order valence-electron chi connectivity index (χ1n) is 5.37. The van der Waals surface area contributed by atoms with Crippen LogP contribution in [0.1, 0.15) is 17.0 Å². The minimum absolute atomic E-state index is 0.157. The predicted molar refractivity (Wildman–Crippen MR) is 59.3 cm³/mol. The number of carboxylic acids is 1. The molecule has 5 nitrogen and oxygen atoms in total. The largest absolute Gasteiger partial charge is 0.549 e. The van der Waals surface area contributed by atoms with Gasteiger partial charge in [-0.3, -0.25) is 4.57 Å². The van der Waals surface area contributed by atoms with E-state index in [0.717, 1.165) is 5.56 Å². The molecule has 1 aromatic carbocycles. The zero-order chi connectivity index (χ0) is 12.6. The van der Waals surface area contributed by atoms with E-state index in [4.69, 9.17) is 0 Å². The Morgan fingerprint density at radius 2 is 2.18 bits per heavy atom. The number of quaternary nitrogens is 1. The lowest BCUT2D eigenvalue weighted by atomic mass is 10.0. The van der Waals surface area contributed by atoms with Crippen LogP contribution in [0.4, 0.5) is 0 Å². The van der Waals surface area contributed by atoms with Gasteiger partial charge in [-0.1, -0.05) is 24.3 Å². The van der Waals surface area contributed by atoms with Gasteiger partial charge in [-0.05, 0) is 17.5 Å². The van der Waals surface area contributed by atoms with Crippen LogP contribution in [0.2, 0.25) is 0 Å². The van der Waals surface area contributed by atoms with Crippen LogP contribution in [0.15, 0.2) is 24.3 Å². The highest BCUT2D eigenvalue weighted by Gasteiger charge is 2.44. The molecule has 0 aliphatic heterocycles. The third kappa shape index (κ3) is 2.02. The number of hydrogen-bond donors (Lipinski definition) is 2. The van der Waals surface area contributed by atoms with E-state index in [1.54, 1.807) is 24.3 Å². The van der Waals surface area contributed by atoms with Crippen LogP contribution in [0, 0.1) is 0 Å². The fourth-order valence-electron chi connectivity index (χ4n) is 2.40. The molecule has 1 unspecified atom stereocenters. The summed E-state index contributed by atoms with van der Waals surface area (Å²) in [4.78, 5) is 21.0. The van der Waals surface area contributed by atoms with E-state index >= 15 is 0 Å². The molecule has 92 valence electrons. The molecule has 0 aromatic heterocycles. The highest BCUT2D eigenvalue weighted by molar-refractivity contribution is 7.58. The van der Waals surface area contributed by atoms with E-state index < -0.39 is 24.9 Å². The predicted octanol–water partition coefficient (Wildman–Crippen LogP) is -1.09. The summed E-state index contributed by atoms with van der Waals surface area (Å²) in [5.74, 6) is -2.29. The monoisotopic (exact) mass is 255 g/mol. The molecule has 2 rings (SSSR count). The van der Waals surface area contributed by atoms with Gasteiger partial charge in [0.1, 0.15) is 0 Å². The molecule has 3 atom stereocenters. The molecule has 1 aromatic rings. The molecule has 0 bridgehead atoms. The van der Waals surface area contributed by atoms with Gasteiger partial charge in [0.25, 0.3) is 7.37 Å². The van der Waals surface area contributed by atoms with E-state index in [1.807, 2.05) is 0 Å². The van der Waals surface area contributed by atoms with Crippen LogP contribution < -0.4 is 10.8 Å². The van der Waals surface area contributed by atoms with Crippen molar-refractivity contribution in [3.05, 3.63) is 35.4 Å². The van der Waals surface area contributed by atoms with Crippen molar-refractivity contribution in [2.75, 3.05) is 6.29 Å². The maximum atomic E-state index is 12.0. The number of rotatable bonds is 3. The molecule has 0 heterocycles. The van der Waals surface area contributed by atoms with E-state index in [-0.39, 0.29) is 6.29 Å². The number of carbonyl (C=O) groups excluding carboxylic acids is 1. The zero-order valence-electron chi connectivity index (χ0n) is 9.20. The number of aliphatic carboxylic acids is 1. The van der Waals surface area contributed by atoms with E-state index in [0.29, 0.717) is 12.0 Å². The van der Waals surface area contributed by atoms with Crippen molar-refractivity contribution in [1.29, 1.82) is 0 Å². The summed E-state index contributed by atoms with van der Waals surface area (Å²) >= 11 is 0. The lowest BCUT2D eigenvalue weighted by molar-refractivity contribution is -0.343. The van der Waals surface area contributed by atoms with Crippen LogP contribution >= 0.6 is 7.37 Å². The Balaban J connectivity index is 2.47. The molecule has 17 heavy (non-hydrogen) atoms. The molecule has 0 fully saturated rings. The Bertz CT molecular complexity index is 502. The first kappa shape index (κ1) is 12.3. The highest BCUT2D eigenvalue weighted by atomic mass is 31.2. The van der Waals surface area contributed by atoms with Crippen LogP contribution in [-0.4, -0.2) is 22.8 Å². The average Bonchev–Trinajstić information content (AvgIpc) is 2.68. The molecule has 1 aliphatic carbocycles. The SMILES string of the molecule is [NH3+]CP(=O)(O)[C@H]1Cc2ccccc2[C@H]1C(=O)[O-]. The molecule has 6 heteroatoms. The summed E-state index contributed by atoms with van der Waals surface area (Å²) in [6.45, 7) is 0. The van der Waals surface area contributed by atoms with Crippen molar-refractivity contribution in [3.8, 4) is 0 Å². The Hall–Kier alpha value is -1.16. The smallest absolute Gasteiger partial charge is 0.257 e. The maximum absolute atomic E-state index is 12.0. The van der Waals surface area contributed by atoms with Gasteiger partial charge in [-0.25, -0.2) is 0 Å². The standard InChI is InChI=1S/C11H14NO4P/c12-6-17(15,16)9-5-7-3-1-2-4-8(7)10(9)11(13)14/h1-4,9-10H,5-6,12H2,(H,13,14)(H,15,16)/t9-,10+/m0/s1.